The minimum absolute atomic E-state index is 0.0255. The van der Waals surface area contributed by atoms with Gasteiger partial charge in [-0.3, -0.25) is 4.79 Å². The number of thioether (sulfide) groups is 1. The monoisotopic (exact) mass is 448 g/mol. The molecule has 0 aliphatic carbocycles. The molecule has 6 nitrogen and oxygen atoms in total. The van der Waals surface area contributed by atoms with E-state index in [1.165, 1.54) is 5.56 Å². The van der Waals surface area contributed by atoms with E-state index in [0.29, 0.717) is 42.6 Å². The van der Waals surface area contributed by atoms with Gasteiger partial charge < -0.3 is 10.1 Å². The van der Waals surface area contributed by atoms with Gasteiger partial charge in [-0.25, -0.2) is 8.42 Å². The van der Waals surface area contributed by atoms with Crippen LogP contribution in [0.5, 0.6) is 5.75 Å². The molecule has 0 saturated carbocycles. The highest BCUT2D eigenvalue weighted by Gasteiger charge is 2.25. The zero-order valence-electron chi connectivity index (χ0n) is 17.0. The summed E-state index contributed by atoms with van der Waals surface area (Å²) in [6.45, 7) is 1.90. The van der Waals surface area contributed by atoms with Crippen LogP contribution in [-0.2, 0) is 20.6 Å². The zero-order chi connectivity index (χ0) is 21.2. The second kappa shape index (κ2) is 11.4. The van der Waals surface area contributed by atoms with Gasteiger partial charge in [-0.2, -0.15) is 4.31 Å². The third-order valence-electron chi connectivity index (χ3n) is 4.81. The van der Waals surface area contributed by atoms with Crippen molar-refractivity contribution in [2.75, 3.05) is 32.0 Å². The number of ether oxygens (including phenoxy) is 1. The van der Waals surface area contributed by atoms with Crippen LogP contribution in [0.1, 0.15) is 24.8 Å². The molecule has 0 aromatic heterocycles. The number of carbonyl (C=O) groups is 1. The van der Waals surface area contributed by atoms with Crippen LogP contribution in [0.25, 0.3) is 0 Å². The van der Waals surface area contributed by atoms with Gasteiger partial charge in [-0.1, -0.05) is 36.8 Å². The quantitative estimate of drug-likeness (QED) is 0.565. The van der Waals surface area contributed by atoms with Crippen LogP contribution in [0.3, 0.4) is 0 Å². The Bertz CT molecular complexity index is 896. The lowest BCUT2D eigenvalue weighted by Crippen LogP contribution is -2.35. The molecule has 1 saturated heterocycles. The third-order valence-corrected chi connectivity index (χ3v) is 7.73. The summed E-state index contributed by atoms with van der Waals surface area (Å²) in [6.07, 6.45) is 2.91. The molecule has 1 amide bonds. The van der Waals surface area contributed by atoms with Gasteiger partial charge in [-0.05, 0) is 42.7 Å². The number of carbonyl (C=O) groups excluding carboxylic acids is 1. The molecule has 2 aromatic carbocycles. The van der Waals surface area contributed by atoms with Gasteiger partial charge >= 0.3 is 0 Å². The van der Waals surface area contributed by atoms with Gasteiger partial charge in [0.15, 0.2) is 0 Å². The van der Waals surface area contributed by atoms with Crippen LogP contribution >= 0.6 is 11.8 Å². The number of amides is 1. The summed E-state index contributed by atoms with van der Waals surface area (Å²) in [7, 11) is -3.43. The first kappa shape index (κ1) is 22.7. The maximum Gasteiger partial charge on any atom is 0.243 e. The van der Waals surface area contributed by atoms with Gasteiger partial charge in [0.25, 0.3) is 0 Å². The molecular weight excluding hydrogens is 420 g/mol. The fourth-order valence-electron chi connectivity index (χ4n) is 3.21. The Labute approximate surface area is 183 Å². The molecule has 2 aromatic rings. The van der Waals surface area contributed by atoms with Crippen LogP contribution in [0, 0.1) is 0 Å². The predicted molar refractivity (Wildman–Crippen MR) is 120 cm³/mol. The number of sulfonamides is 1. The van der Waals surface area contributed by atoms with Gasteiger partial charge in [0.1, 0.15) is 12.4 Å². The van der Waals surface area contributed by atoms with Gasteiger partial charge in [0.2, 0.25) is 15.9 Å². The number of benzene rings is 2. The summed E-state index contributed by atoms with van der Waals surface area (Å²) in [5.41, 5.74) is 1.20. The highest BCUT2D eigenvalue weighted by molar-refractivity contribution is 7.99. The van der Waals surface area contributed by atoms with Gasteiger partial charge in [-0.15, -0.1) is 11.8 Å². The average molecular weight is 449 g/mol. The first-order valence-corrected chi connectivity index (χ1v) is 12.8. The molecule has 0 spiro atoms. The fourth-order valence-corrected chi connectivity index (χ4v) is 5.54. The Morgan fingerprint density at radius 2 is 1.70 bits per heavy atom. The smallest absolute Gasteiger partial charge is 0.243 e. The van der Waals surface area contributed by atoms with E-state index in [1.54, 1.807) is 40.3 Å². The summed E-state index contributed by atoms with van der Waals surface area (Å²) in [5, 5.41) is 2.83. The first-order valence-electron chi connectivity index (χ1n) is 10.2. The lowest BCUT2D eigenvalue weighted by molar-refractivity contribution is -0.118. The Balaban J connectivity index is 1.35. The fraction of sp³-hybridized carbons (Fsp3) is 0.409. The molecule has 3 rings (SSSR count). The second-order valence-electron chi connectivity index (χ2n) is 7.11. The Morgan fingerprint density at radius 3 is 2.40 bits per heavy atom. The van der Waals surface area contributed by atoms with E-state index >= 15 is 0 Å². The topological polar surface area (TPSA) is 75.7 Å². The van der Waals surface area contributed by atoms with E-state index in [1.807, 2.05) is 30.3 Å². The van der Waals surface area contributed by atoms with E-state index in [-0.39, 0.29) is 5.91 Å². The van der Waals surface area contributed by atoms with Crippen LogP contribution in [0.15, 0.2) is 59.5 Å². The number of piperidine rings is 1. The largest absolute Gasteiger partial charge is 0.492 e. The van der Waals surface area contributed by atoms with Crippen LogP contribution in [0.4, 0.5) is 0 Å². The second-order valence-corrected chi connectivity index (χ2v) is 10.0. The maximum atomic E-state index is 12.6. The molecule has 0 radical (unpaired) electrons. The summed E-state index contributed by atoms with van der Waals surface area (Å²) in [5.74, 6) is 1.76. The van der Waals surface area contributed by atoms with Crippen LogP contribution in [-0.4, -0.2) is 50.6 Å². The van der Waals surface area contributed by atoms with E-state index < -0.39 is 10.0 Å². The Kier molecular flexibility index (Phi) is 8.60. The summed E-state index contributed by atoms with van der Waals surface area (Å²) in [4.78, 5) is 12.2. The molecule has 0 atom stereocenters. The standard InChI is InChI=1S/C22H28N2O4S2/c25-22(18-29-17-19-7-3-1-4-8-19)23-13-16-28-20-9-11-21(12-10-20)30(26,27)24-14-5-2-6-15-24/h1,3-4,7-12H,2,5-6,13-18H2,(H,23,25). The van der Waals surface area contributed by atoms with E-state index in [2.05, 4.69) is 5.32 Å². The van der Waals surface area contributed by atoms with E-state index in [0.717, 1.165) is 25.0 Å². The molecule has 30 heavy (non-hydrogen) atoms. The normalized spacial score (nSPS) is 14.9. The van der Waals surface area contributed by atoms with Crippen molar-refractivity contribution in [3.63, 3.8) is 0 Å². The molecule has 8 heteroatoms. The number of hydrogen-bond donors (Lipinski definition) is 1. The zero-order valence-corrected chi connectivity index (χ0v) is 18.6. The van der Waals surface area contributed by atoms with Crippen molar-refractivity contribution < 1.29 is 17.9 Å². The van der Waals surface area contributed by atoms with Gasteiger partial charge in [0.05, 0.1) is 17.2 Å². The summed E-state index contributed by atoms with van der Waals surface area (Å²) < 4.78 is 32.5. The maximum absolute atomic E-state index is 12.6. The molecule has 1 aliphatic rings. The SMILES string of the molecule is O=C(CSCc1ccccc1)NCCOc1ccc(S(=O)(=O)N2CCCCC2)cc1. The van der Waals surface area contributed by atoms with Crippen LogP contribution < -0.4 is 10.1 Å². The predicted octanol–water partition coefficient (Wildman–Crippen LogP) is 3.29. The molecule has 1 fully saturated rings. The molecule has 1 aliphatic heterocycles. The van der Waals surface area contributed by atoms with Crippen molar-refractivity contribution in [1.29, 1.82) is 0 Å². The van der Waals surface area contributed by atoms with Crippen molar-refractivity contribution in [2.45, 2.75) is 29.9 Å². The van der Waals surface area contributed by atoms with Crippen molar-refractivity contribution in [1.82, 2.24) is 9.62 Å². The lowest BCUT2D eigenvalue weighted by Gasteiger charge is -2.25. The van der Waals surface area contributed by atoms with Crippen molar-refractivity contribution in [2.24, 2.45) is 0 Å². The van der Waals surface area contributed by atoms with Crippen molar-refractivity contribution >= 4 is 27.7 Å². The Morgan fingerprint density at radius 1 is 1.00 bits per heavy atom. The minimum atomic E-state index is -3.43. The molecule has 0 unspecified atom stereocenters. The van der Waals surface area contributed by atoms with Crippen molar-refractivity contribution in [3.8, 4) is 5.75 Å². The van der Waals surface area contributed by atoms with E-state index in [4.69, 9.17) is 4.74 Å². The molecule has 0 bridgehead atoms. The average Bonchev–Trinajstić information content (AvgIpc) is 2.78. The number of nitrogens with zero attached hydrogens (tertiary/aromatic N) is 1. The third kappa shape index (κ3) is 6.75. The van der Waals surface area contributed by atoms with Crippen LogP contribution in [0.2, 0.25) is 0 Å². The first-order chi connectivity index (χ1) is 14.6. The number of rotatable bonds is 10. The number of nitrogens with one attached hydrogen (secondary N) is 1. The highest BCUT2D eigenvalue weighted by Crippen LogP contribution is 2.22. The summed E-state index contributed by atoms with van der Waals surface area (Å²) >= 11 is 1.57. The lowest BCUT2D eigenvalue weighted by atomic mass is 10.2. The molecule has 1 heterocycles. The molecule has 1 N–H and O–H groups in total. The highest BCUT2D eigenvalue weighted by atomic mass is 32.2. The molecule has 162 valence electrons. The minimum Gasteiger partial charge on any atom is -0.492 e. The van der Waals surface area contributed by atoms with Crippen molar-refractivity contribution in [3.05, 3.63) is 60.2 Å². The Hall–Kier alpha value is -2.03. The van der Waals surface area contributed by atoms with E-state index in [9.17, 15) is 13.2 Å². The number of hydrogen-bond acceptors (Lipinski definition) is 5. The van der Waals surface area contributed by atoms with Gasteiger partial charge in [0, 0.05) is 18.8 Å². The molecular formula is C22H28N2O4S2. The summed E-state index contributed by atoms with van der Waals surface area (Å²) in [6, 6.07) is 16.5.